The van der Waals surface area contributed by atoms with Gasteiger partial charge in [-0.2, -0.15) is 0 Å². The molecule has 5 heteroatoms. The van der Waals surface area contributed by atoms with Crippen LogP contribution in [-0.4, -0.2) is 23.9 Å². The summed E-state index contributed by atoms with van der Waals surface area (Å²) >= 11 is 9.06. The van der Waals surface area contributed by atoms with Crippen molar-refractivity contribution in [3.63, 3.8) is 0 Å². The Labute approximate surface area is 108 Å². The number of carbonyl (C=O) groups is 1. The fourth-order valence-corrected chi connectivity index (χ4v) is 1.27. The lowest BCUT2D eigenvalue weighted by Gasteiger charge is -2.08. The van der Waals surface area contributed by atoms with E-state index >= 15 is 0 Å². The molecule has 1 aromatic rings. The molecule has 0 radical (unpaired) electrons. The fraction of sp³-hybridized carbons (Fsp3) is 0.364. The van der Waals surface area contributed by atoms with E-state index in [-0.39, 0.29) is 17.3 Å². The molecule has 3 nitrogen and oxygen atoms in total. The summed E-state index contributed by atoms with van der Waals surface area (Å²) in [6, 6.07) is 6.89. The summed E-state index contributed by atoms with van der Waals surface area (Å²) in [4.78, 5) is 11.6. The van der Waals surface area contributed by atoms with E-state index in [0.29, 0.717) is 17.3 Å². The Morgan fingerprint density at radius 1 is 1.50 bits per heavy atom. The molecule has 1 aromatic carbocycles. The Bertz CT molecular complexity index is 340. The second-order valence-electron chi connectivity index (χ2n) is 3.33. The molecule has 0 aliphatic heterocycles. The Morgan fingerprint density at radius 3 is 2.69 bits per heavy atom. The number of rotatable bonds is 5. The third kappa shape index (κ3) is 5.37. The zero-order valence-corrected chi connectivity index (χ0v) is 11.2. The van der Waals surface area contributed by atoms with Crippen molar-refractivity contribution in [1.29, 1.82) is 0 Å². The van der Waals surface area contributed by atoms with Gasteiger partial charge in [-0.05, 0) is 24.3 Å². The fourth-order valence-electron chi connectivity index (χ4n) is 0.985. The molecule has 0 saturated carbocycles. The molecule has 0 heterocycles. The molecular weight excluding hydrogens is 293 g/mol. The molecule has 0 aliphatic rings. The van der Waals surface area contributed by atoms with Crippen LogP contribution in [0.3, 0.4) is 0 Å². The van der Waals surface area contributed by atoms with Crippen LogP contribution in [0.2, 0.25) is 5.02 Å². The molecule has 1 rings (SSSR count). The molecule has 1 N–H and O–H groups in total. The Morgan fingerprint density at radius 2 is 2.12 bits per heavy atom. The van der Waals surface area contributed by atoms with E-state index in [4.69, 9.17) is 16.3 Å². The Hall–Kier alpha value is -0.740. The van der Waals surface area contributed by atoms with E-state index in [1.54, 1.807) is 24.3 Å². The quantitative estimate of drug-likeness (QED) is 0.849. The smallest absolute Gasteiger partial charge is 0.257 e. The summed E-state index contributed by atoms with van der Waals surface area (Å²) in [6.45, 7) is 2.56. The molecule has 1 amide bonds. The Kier molecular flexibility index (Phi) is 5.63. The van der Waals surface area contributed by atoms with Crippen LogP contribution in [0.1, 0.15) is 6.92 Å². The van der Waals surface area contributed by atoms with Crippen molar-refractivity contribution in [3.05, 3.63) is 29.3 Å². The third-order valence-electron chi connectivity index (χ3n) is 1.76. The van der Waals surface area contributed by atoms with Gasteiger partial charge in [-0.25, -0.2) is 0 Å². The zero-order valence-electron chi connectivity index (χ0n) is 8.87. The van der Waals surface area contributed by atoms with Crippen molar-refractivity contribution in [2.45, 2.75) is 11.8 Å². The highest BCUT2D eigenvalue weighted by atomic mass is 79.9. The summed E-state index contributed by atoms with van der Waals surface area (Å²) in [5.41, 5.74) is 0. The summed E-state index contributed by atoms with van der Waals surface area (Å²) in [6.07, 6.45) is 0. The molecule has 0 aliphatic carbocycles. The lowest BCUT2D eigenvalue weighted by molar-refractivity contribution is -0.123. The van der Waals surface area contributed by atoms with Crippen molar-refractivity contribution in [2.75, 3.05) is 13.2 Å². The van der Waals surface area contributed by atoms with Crippen LogP contribution in [-0.2, 0) is 4.79 Å². The largest absolute Gasteiger partial charge is 0.484 e. The topological polar surface area (TPSA) is 38.3 Å². The SMILES string of the molecule is CC(Br)CNC(=O)COc1ccc(Cl)cc1. The van der Waals surface area contributed by atoms with E-state index in [2.05, 4.69) is 21.2 Å². The first-order chi connectivity index (χ1) is 7.58. The molecule has 0 fully saturated rings. The summed E-state index contributed by atoms with van der Waals surface area (Å²) in [7, 11) is 0. The minimum Gasteiger partial charge on any atom is -0.484 e. The van der Waals surface area contributed by atoms with Crippen LogP contribution in [0.15, 0.2) is 24.3 Å². The maximum atomic E-state index is 11.3. The zero-order chi connectivity index (χ0) is 12.0. The number of hydrogen-bond donors (Lipinski definition) is 1. The van der Waals surface area contributed by atoms with Gasteiger partial charge in [-0.15, -0.1) is 0 Å². The second-order valence-corrected chi connectivity index (χ2v) is 5.33. The summed E-state index contributed by atoms with van der Waals surface area (Å²) < 4.78 is 5.27. The second kappa shape index (κ2) is 6.76. The summed E-state index contributed by atoms with van der Waals surface area (Å²) in [5.74, 6) is 0.493. The maximum Gasteiger partial charge on any atom is 0.257 e. The number of alkyl halides is 1. The van der Waals surface area contributed by atoms with Gasteiger partial charge in [-0.1, -0.05) is 34.5 Å². The van der Waals surface area contributed by atoms with Crippen molar-refractivity contribution in [3.8, 4) is 5.75 Å². The van der Waals surface area contributed by atoms with Crippen LogP contribution in [0.4, 0.5) is 0 Å². The molecule has 0 saturated heterocycles. The van der Waals surface area contributed by atoms with Crippen molar-refractivity contribution >= 4 is 33.4 Å². The predicted octanol–water partition coefficient (Wildman–Crippen LogP) is 2.62. The first kappa shape index (κ1) is 13.3. The van der Waals surface area contributed by atoms with Gasteiger partial charge >= 0.3 is 0 Å². The normalized spacial score (nSPS) is 11.9. The number of benzene rings is 1. The van der Waals surface area contributed by atoms with E-state index in [1.165, 1.54) is 0 Å². The molecule has 0 spiro atoms. The van der Waals surface area contributed by atoms with E-state index < -0.39 is 0 Å². The van der Waals surface area contributed by atoms with Crippen LogP contribution in [0.5, 0.6) is 5.75 Å². The minimum atomic E-state index is -0.138. The lowest BCUT2D eigenvalue weighted by atomic mass is 10.3. The highest BCUT2D eigenvalue weighted by molar-refractivity contribution is 9.09. The molecule has 88 valence electrons. The van der Waals surface area contributed by atoms with Gasteiger partial charge in [0, 0.05) is 16.4 Å². The van der Waals surface area contributed by atoms with Gasteiger partial charge in [0.15, 0.2) is 6.61 Å². The van der Waals surface area contributed by atoms with Gasteiger partial charge in [0.05, 0.1) is 0 Å². The van der Waals surface area contributed by atoms with Gasteiger partial charge in [-0.3, -0.25) is 4.79 Å². The van der Waals surface area contributed by atoms with E-state index in [0.717, 1.165) is 0 Å². The van der Waals surface area contributed by atoms with E-state index in [1.807, 2.05) is 6.92 Å². The molecular formula is C11H13BrClNO2. The van der Waals surface area contributed by atoms with Crippen molar-refractivity contribution in [2.24, 2.45) is 0 Å². The highest BCUT2D eigenvalue weighted by Gasteiger charge is 2.03. The number of amides is 1. The predicted molar refractivity (Wildman–Crippen MR) is 68.3 cm³/mol. The molecule has 1 unspecified atom stereocenters. The standard InChI is InChI=1S/C11H13BrClNO2/c1-8(12)6-14-11(15)7-16-10-4-2-9(13)3-5-10/h2-5,8H,6-7H2,1H3,(H,14,15). The molecule has 0 bridgehead atoms. The Balaban J connectivity index is 2.29. The third-order valence-corrected chi connectivity index (χ3v) is 2.34. The van der Waals surface area contributed by atoms with Crippen molar-refractivity contribution < 1.29 is 9.53 Å². The number of nitrogens with one attached hydrogen (secondary N) is 1. The van der Waals surface area contributed by atoms with Gasteiger partial charge in [0.25, 0.3) is 5.91 Å². The molecule has 16 heavy (non-hydrogen) atoms. The molecule has 0 aromatic heterocycles. The van der Waals surface area contributed by atoms with Gasteiger partial charge in [0.2, 0.25) is 0 Å². The number of halogens is 2. The maximum absolute atomic E-state index is 11.3. The highest BCUT2D eigenvalue weighted by Crippen LogP contribution is 2.15. The van der Waals surface area contributed by atoms with Crippen molar-refractivity contribution in [1.82, 2.24) is 5.32 Å². The first-order valence-corrected chi connectivity index (χ1v) is 6.16. The monoisotopic (exact) mass is 305 g/mol. The average molecular weight is 307 g/mol. The van der Waals surface area contributed by atoms with Crippen LogP contribution >= 0.6 is 27.5 Å². The number of hydrogen-bond acceptors (Lipinski definition) is 2. The lowest BCUT2D eigenvalue weighted by Crippen LogP contribution is -2.32. The van der Waals surface area contributed by atoms with Crippen LogP contribution in [0.25, 0.3) is 0 Å². The molecule has 1 atom stereocenters. The first-order valence-electron chi connectivity index (χ1n) is 4.87. The number of ether oxygens (including phenoxy) is 1. The summed E-state index contributed by atoms with van der Waals surface area (Å²) in [5, 5.41) is 3.37. The van der Waals surface area contributed by atoms with Crippen LogP contribution in [0, 0.1) is 0 Å². The number of carbonyl (C=O) groups excluding carboxylic acids is 1. The minimum absolute atomic E-state index is 0.0152. The van der Waals surface area contributed by atoms with Crippen LogP contribution < -0.4 is 10.1 Å². The van der Waals surface area contributed by atoms with Gasteiger partial charge < -0.3 is 10.1 Å². The van der Waals surface area contributed by atoms with E-state index in [9.17, 15) is 4.79 Å². The van der Waals surface area contributed by atoms with Gasteiger partial charge in [0.1, 0.15) is 5.75 Å². The average Bonchev–Trinajstić information content (AvgIpc) is 2.25.